The lowest BCUT2D eigenvalue weighted by Crippen LogP contribution is -2.05. The summed E-state index contributed by atoms with van der Waals surface area (Å²) in [4.78, 5) is 20.7. The van der Waals surface area contributed by atoms with Crippen molar-refractivity contribution in [1.82, 2.24) is 20.2 Å². The maximum Gasteiger partial charge on any atom is 0.277 e. The molecule has 3 rings (SSSR count). The van der Waals surface area contributed by atoms with Gasteiger partial charge in [-0.15, -0.1) is 5.10 Å². The van der Waals surface area contributed by atoms with E-state index in [4.69, 9.17) is 4.74 Å². The van der Waals surface area contributed by atoms with Gasteiger partial charge in [0.25, 0.3) is 11.4 Å². The lowest BCUT2D eigenvalue weighted by Gasteiger charge is -2.06. The summed E-state index contributed by atoms with van der Waals surface area (Å²) in [7, 11) is 1.56. The summed E-state index contributed by atoms with van der Waals surface area (Å²) in [5, 5.41) is 33.4. The molecule has 0 spiro atoms. The van der Waals surface area contributed by atoms with E-state index in [0.717, 1.165) is 11.6 Å². The monoisotopic (exact) mass is 356 g/mol. The Morgan fingerprint density at radius 3 is 2.19 bits per heavy atom. The smallest absolute Gasteiger partial charge is 0.277 e. The predicted octanol–water partition coefficient (Wildman–Crippen LogP) is 2.21. The third-order valence-corrected chi connectivity index (χ3v) is 3.61. The highest BCUT2D eigenvalue weighted by Crippen LogP contribution is 2.28. The average Bonchev–Trinajstić information content (AvgIpc) is 3.10. The molecule has 11 nitrogen and oxygen atoms in total. The van der Waals surface area contributed by atoms with Crippen LogP contribution < -0.4 is 4.74 Å². The van der Waals surface area contributed by atoms with Crippen LogP contribution in [0.1, 0.15) is 5.56 Å². The van der Waals surface area contributed by atoms with E-state index in [1.807, 2.05) is 12.1 Å². The van der Waals surface area contributed by atoms with Crippen molar-refractivity contribution in [2.45, 2.75) is 6.54 Å². The van der Waals surface area contributed by atoms with Gasteiger partial charge in [0.05, 0.1) is 29.6 Å². The van der Waals surface area contributed by atoms with Gasteiger partial charge in [-0.2, -0.15) is 0 Å². The van der Waals surface area contributed by atoms with Gasteiger partial charge in [-0.05, 0) is 28.1 Å². The molecule has 1 aromatic heterocycles. The fourth-order valence-electron chi connectivity index (χ4n) is 2.36. The van der Waals surface area contributed by atoms with Crippen molar-refractivity contribution in [3.8, 4) is 17.1 Å². The molecule has 0 aliphatic rings. The SMILES string of the molecule is COc1ccc(Cn2nnnc2-c2cc([N+](=O)[O-])cc([N+](=O)[O-])c2)cc1. The molecule has 11 heteroatoms. The minimum absolute atomic E-state index is 0.185. The summed E-state index contributed by atoms with van der Waals surface area (Å²) in [6.07, 6.45) is 0. The minimum Gasteiger partial charge on any atom is -0.497 e. The van der Waals surface area contributed by atoms with Gasteiger partial charge in [0.1, 0.15) is 5.75 Å². The molecule has 0 aliphatic carbocycles. The zero-order valence-corrected chi connectivity index (χ0v) is 13.5. The lowest BCUT2D eigenvalue weighted by atomic mass is 10.1. The van der Waals surface area contributed by atoms with Crippen molar-refractivity contribution in [1.29, 1.82) is 0 Å². The van der Waals surface area contributed by atoms with Crippen molar-refractivity contribution >= 4 is 11.4 Å². The number of aromatic nitrogens is 4. The molecule has 1 heterocycles. The molecule has 0 bridgehead atoms. The standard InChI is InChI=1S/C15H12N6O5/c1-26-14-4-2-10(3-5-14)9-19-15(16-17-18-19)11-6-12(20(22)23)8-13(7-11)21(24)25/h2-8H,9H2,1H3. The minimum atomic E-state index is -0.700. The number of methoxy groups -OCH3 is 1. The van der Waals surface area contributed by atoms with E-state index in [9.17, 15) is 20.2 Å². The number of nitrogens with zero attached hydrogens (tertiary/aromatic N) is 6. The van der Waals surface area contributed by atoms with Crippen LogP contribution in [0.5, 0.6) is 5.75 Å². The van der Waals surface area contributed by atoms with Gasteiger partial charge in [-0.3, -0.25) is 20.2 Å². The molecule has 3 aromatic rings. The highest BCUT2D eigenvalue weighted by atomic mass is 16.6. The Bertz CT molecular complexity index is 937. The zero-order valence-electron chi connectivity index (χ0n) is 13.5. The first-order valence-electron chi connectivity index (χ1n) is 7.31. The molecule has 132 valence electrons. The van der Waals surface area contributed by atoms with Crippen LogP contribution >= 0.6 is 0 Å². The van der Waals surface area contributed by atoms with Gasteiger partial charge in [-0.1, -0.05) is 12.1 Å². The lowest BCUT2D eigenvalue weighted by molar-refractivity contribution is -0.394. The largest absolute Gasteiger partial charge is 0.497 e. The summed E-state index contributed by atoms with van der Waals surface area (Å²) < 4.78 is 6.50. The van der Waals surface area contributed by atoms with Crippen molar-refractivity contribution in [2.24, 2.45) is 0 Å². The second kappa shape index (κ2) is 6.93. The Kier molecular flexibility index (Phi) is 4.51. The van der Waals surface area contributed by atoms with Gasteiger partial charge in [0.15, 0.2) is 5.82 Å². The fourth-order valence-corrected chi connectivity index (χ4v) is 2.36. The van der Waals surface area contributed by atoms with E-state index in [-0.39, 0.29) is 17.9 Å². The fraction of sp³-hybridized carbons (Fsp3) is 0.133. The molecule has 0 saturated carbocycles. The maximum atomic E-state index is 11.0. The molecule has 0 radical (unpaired) electrons. The van der Waals surface area contributed by atoms with Crippen LogP contribution in [0.2, 0.25) is 0 Å². The topological polar surface area (TPSA) is 139 Å². The molecular weight excluding hydrogens is 344 g/mol. The highest BCUT2D eigenvalue weighted by Gasteiger charge is 2.20. The Labute approximate surface area is 146 Å². The molecule has 0 N–H and O–H groups in total. The second-order valence-corrected chi connectivity index (χ2v) is 5.26. The summed E-state index contributed by atoms with van der Waals surface area (Å²) >= 11 is 0. The van der Waals surface area contributed by atoms with E-state index >= 15 is 0 Å². The van der Waals surface area contributed by atoms with Crippen molar-refractivity contribution in [2.75, 3.05) is 7.11 Å². The maximum absolute atomic E-state index is 11.0. The van der Waals surface area contributed by atoms with Crippen LogP contribution in [-0.2, 0) is 6.54 Å². The number of non-ortho nitro benzene ring substituents is 2. The number of hydrogen-bond donors (Lipinski definition) is 0. The van der Waals surface area contributed by atoms with E-state index < -0.39 is 21.2 Å². The second-order valence-electron chi connectivity index (χ2n) is 5.26. The van der Waals surface area contributed by atoms with E-state index in [1.54, 1.807) is 19.2 Å². The third kappa shape index (κ3) is 3.45. The van der Waals surface area contributed by atoms with Gasteiger partial charge >= 0.3 is 0 Å². The Hall–Kier alpha value is -3.89. The number of nitro groups is 2. The summed E-state index contributed by atoms with van der Waals surface area (Å²) in [5.74, 6) is 0.882. The quantitative estimate of drug-likeness (QED) is 0.484. The van der Waals surface area contributed by atoms with Gasteiger partial charge in [0, 0.05) is 17.7 Å². The first kappa shape index (κ1) is 17.0. The molecule has 0 saturated heterocycles. The predicted molar refractivity (Wildman–Crippen MR) is 88.7 cm³/mol. The number of tetrazole rings is 1. The van der Waals surface area contributed by atoms with Crippen molar-refractivity contribution in [3.63, 3.8) is 0 Å². The average molecular weight is 356 g/mol. The number of nitro benzene ring substituents is 2. The van der Waals surface area contributed by atoms with E-state index in [1.165, 1.54) is 16.8 Å². The number of benzene rings is 2. The van der Waals surface area contributed by atoms with Crippen LogP contribution in [0.25, 0.3) is 11.4 Å². The normalized spacial score (nSPS) is 10.5. The number of rotatable bonds is 6. The van der Waals surface area contributed by atoms with Gasteiger partial charge in [0.2, 0.25) is 0 Å². The molecule has 0 fully saturated rings. The van der Waals surface area contributed by atoms with E-state index in [2.05, 4.69) is 15.5 Å². The summed E-state index contributed by atoms with van der Waals surface area (Å²) in [5.41, 5.74) is 0.227. The highest BCUT2D eigenvalue weighted by molar-refractivity contribution is 5.64. The van der Waals surface area contributed by atoms with Gasteiger partial charge in [-0.25, -0.2) is 4.68 Å². The number of ether oxygens (including phenoxy) is 1. The van der Waals surface area contributed by atoms with Crippen molar-refractivity contribution in [3.05, 3.63) is 68.3 Å². The van der Waals surface area contributed by atoms with Crippen molar-refractivity contribution < 1.29 is 14.6 Å². The Morgan fingerprint density at radius 2 is 1.65 bits per heavy atom. The first-order valence-corrected chi connectivity index (χ1v) is 7.31. The zero-order chi connectivity index (χ0) is 18.7. The molecule has 0 atom stereocenters. The van der Waals surface area contributed by atoms with E-state index in [0.29, 0.717) is 5.75 Å². The first-order chi connectivity index (χ1) is 12.5. The molecule has 2 aromatic carbocycles. The van der Waals surface area contributed by atoms with Crippen LogP contribution in [0.15, 0.2) is 42.5 Å². The Balaban J connectivity index is 1.99. The van der Waals surface area contributed by atoms with Crippen LogP contribution in [0.4, 0.5) is 11.4 Å². The Morgan fingerprint density at radius 1 is 1.04 bits per heavy atom. The van der Waals surface area contributed by atoms with Crippen LogP contribution in [0, 0.1) is 20.2 Å². The third-order valence-electron chi connectivity index (χ3n) is 3.61. The molecule has 0 amide bonds. The molecule has 0 unspecified atom stereocenters. The van der Waals surface area contributed by atoms with Crippen LogP contribution in [-0.4, -0.2) is 37.2 Å². The molecular formula is C15H12N6O5. The number of hydrogen-bond acceptors (Lipinski definition) is 8. The summed E-state index contributed by atoms with van der Waals surface area (Å²) in [6.45, 7) is 0.281. The summed E-state index contributed by atoms with van der Waals surface area (Å²) in [6, 6.07) is 10.5. The molecule has 0 aliphatic heterocycles. The van der Waals surface area contributed by atoms with Crippen LogP contribution in [0.3, 0.4) is 0 Å². The molecule has 26 heavy (non-hydrogen) atoms. The van der Waals surface area contributed by atoms with Gasteiger partial charge < -0.3 is 4.74 Å².